The van der Waals surface area contributed by atoms with Crippen LogP contribution in [-0.4, -0.2) is 0 Å². The number of rotatable bonds is 3. The molecule has 2 heterocycles. The van der Waals surface area contributed by atoms with Crippen molar-refractivity contribution in [3.8, 4) is 33.8 Å². The van der Waals surface area contributed by atoms with E-state index in [1.165, 1.54) is 0 Å². The Balaban J connectivity index is 1.62. The number of para-hydroxylation sites is 1. The van der Waals surface area contributed by atoms with Gasteiger partial charge in [-0.25, -0.2) is 0 Å². The molecule has 0 saturated heterocycles. The fourth-order valence-electron chi connectivity index (χ4n) is 5.01. The Morgan fingerprint density at radius 2 is 0.971 bits per heavy atom. The minimum absolute atomic E-state index is 0.875. The van der Waals surface area contributed by atoms with Crippen LogP contribution in [0.2, 0.25) is 0 Å². The molecule has 0 amide bonds. The summed E-state index contributed by atoms with van der Waals surface area (Å²) in [6.07, 6.45) is 0. The lowest BCUT2D eigenvalue weighted by Crippen LogP contribution is -1.86. The van der Waals surface area contributed by atoms with Crippen molar-refractivity contribution in [2.75, 3.05) is 0 Å². The van der Waals surface area contributed by atoms with E-state index in [0.29, 0.717) is 0 Å². The largest absolute Gasteiger partial charge is 0.456 e. The van der Waals surface area contributed by atoms with Gasteiger partial charge in [-0.2, -0.15) is 0 Å². The van der Waals surface area contributed by atoms with Gasteiger partial charge < -0.3 is 8.83 Å². The Hall–Kier alpha value is -4.56. The van der Waals surface area contributed by atoms with Crippen LogP contribution < -0.4 is 0 Å². The zero-order valence-electron chi connectivity index (χ0n) is 18.4. The highest BCUT2D eigenvalue weighted by Crippen LogP contribution is 2.46. The molecule has 34 heavy (non-hydrogen) atoms. The maximum Gasteiger partial charge on any atom is 0.143 e. The zero-order valence-corrected chi connectivity index (χ0v) is 18.4. The van der Waals surface area contributed by atoms with Crippen molar-refractivity contribution in [1.82, 2.24) is 0 Å². The summed E-state index contributed by atoms with van der Waals surface area (Å²) in [6.45, 7) is 0. The number of fused-ring (bicyclic) bond motifs is 4. The zero-order chi connectivity index (χ0) is 22.5. The first-order valence-electron chi connectivity index (χ1n) is 11.5. The van der Waals surface area contributed by atoms with Gasteiger partial charge in [0.25, 0.3) is 0 Å². The maximum atomic E-state index is 6.71. The highest BCUT2D eigenvalue weighted by molar-refractivity contribution is 6.17. The molecule has 0 saturated carbocycles. The highest BCUT2D eigenvalue weighted by Gasteiger charge is 2.22. The predicted molar refractivity (Wildman–Crippen MR) is 140 cm³/mol. The minimum Gasteiger partial charge on any atom is -0.456 e. The Morgan fingerprint density at radius 1 is 0.382 bits per heavy atom. The molecule has 0 aliphatic rings. The van der Waals surface area contributed by atoms with E-state index in [-0.39, 0.29) is 0 Å². The van der Waals surface area contributed by atoms with E-state index < -0.39 is 0 Å². The van der Waals surface area contributed by atoms with Crippen molar-refractivity contribution in [3.05, 3.63) is 121 Å². The number of benzene rings is 5. The molecule has 2 nitrogen and oxygen atoms in total. The Bertz CT molecular complexity index is 1790. The van der Waals surface area contributed by atoms with Gasteiger partial charge in [-0.3, -0.25) is 0 Å². The first-order valence-corrected chi connectivity index (χ1v) is 11.5. The molecule has 0 bridgehead atoms. The lowest BCUT2D eigenvalue weighted by atomic mass is 9.92. The number of furan rings is 2. The van der Waals surface area contributed by atoms with Crippen molar-refractivity contribution < 1.29 is 8.83 Å². The van der Waals surface area contributed by atoms with Gasteiger partial charge in [0.2, 0.25) is 0 Å². The third-order valence-corrected chi connectivity index (χ3v) is 6.51. The molecule has 0 fully saturated rings. The lowest BCUT2D eigenvalue weighted by molar-refractivity contribution is 0.602. The van der Waals surface area contributed by atoms with Crippen LogP contribution in [0.15, 0.2) is 130 Å². The Morgan fingerprint density at radius 3 is 1.71 bits per heavy atom. The average Bonchev–Trinajstić information content (AvgIpc) is 3.48. The van der Waals surface area contributed by atoms with Crippen LogP contribution in [0.25, 0.3) is 66.5 Å². The van der Waals surface area contributed by atoms with E-state index in [1.54, 1.807) is 0 Å². The first-order chi connectivity index (χ1) is 16.9. The highest BCUT2D eigenvalue weighted by atomic mass is 16.3. The third kappa shape index (κ3) is 2.82. The molecule has 2 heteroatoms. The van der Waals surface area contributed by atoms with Crippen molar-refractivity contribution in [3.63, 3.8) is 0 Å². The van der Waals surface area contributed by atoms with Crippen LogP contribution in [0, 0.1) is 0 Å². The molecular formula is C32H20O2. The van der Waals surface area contributed by atoms with Gasteiger partial charge in [0.1, 0.15) is 22.7 Å². The van der Waals surface area contributed by atoms with E-state index in [0.717, 1.165) is 66.5 Å². The second kappa shape index (κ2) is 7.50. The van der Waals surface area contributed by atoms with Gasteiger partial charge in [-0.05, 0) is 23.8 Å². The number of hydrogen-bond acceptors (Lipinski definition) is 2. The van der Waals surface area contributed by atoms with Crippen LogP contribution in [0.4, 0.5) is 0 Å². The molecule has 0 radical (unpaired) electrons. The molecule has 0 N–H and O–H groups in total. The van der Waals surface area contributed by atoms with Crippen molar-refractivity contribution in [1.29, 1.82) is 0 Å². The van der Waals surface area contributed by atoms with Crippen molar-refractivity contribution >= 4 is 32.7 Å². The SMILES string of the molecule is c1ccc(-c2oc(-c3ccc4oc5ccccc5c4c3-c3ccccc3)c3ccccc23)cc1. The van der Waals surface area contributed by atoms with Gasteiger partial charge in [0.05, 0.1) is 0 Å². The quantitative estimate of drug-likeness (QED) is 0.276. The molecule has 0 aliphatic carbocycles. The fraction of sp³-hybridized carbons (Fsp3) is 0. The molecule has 5 aromatic carbocycles. The van der Waals surface area contributed by atoms with Gasteiger partial charge >= 0.3 is 0 Å². The Labute approximate surface area is 196 Å². The summed E-state index contributed by atoms with van der Waals surface area (Å²) in [5.41, 5.74) is 6.16. The minimum atomic E-state index is 0.875. The van der Waals surface area contributed by atoms with E-state index in [2.05, 4.69) is 84.9 Å². The molecule has 0 atom stereocenters. The summed E-state index contributed by atoms with van der Waals surface area (Å²) < 4.78 is 12.9. The van der Waals surface area contributed by atoms with E-state index >= 15 is 0 Å². The van der Waals surface area contributed by atoms with Gasteiger partial charge in [-0.15, -0.1) is 0 Å². The average molecular weight is 437 g/mol. The lowest BCUT2D eigenvalue weighted by Gasteiger charge is -2.11. The van der Waals surface area contributed by atoms with E-state index in [1.807, 2.05) is 36.4 Å². The van der Waals surface area contributed by atoms with Gasteiger partial charge in [0.15, 0.2) is 0 Å². The maximum absolute atomic E-state index is 6.71. The summed E-state index contributed by atoms with van der Waals surface area (Å²) in [6, 6.07) is 41.7. The van der Waals surface area contributed by atoms with Crippen LogP contribution in [0.3, 0.4) is 0 Å². The molecule has 2 aromatic heterocycles. The fourth-order valence-corrected chi connectivity index (χ4v) is 5.01. The standard InChI is InChI=1S/C32H20O2/c1-3-11-21(12-4-1)29-26(19-20-28-30(29)25-17-9-10-18-27(25)33-28)32-24-16-8-7-15-23(24)31(34-32)22-13-5-2-6-14-22/h1-20H. The third-order valence-electron chi connectivity index (χ3n) is 6.51. The van der Waals surface area contributed by atoms with E-state index in [4.69, 9.17) is 8.83 Å². The van der Waals surface area contributed by atoms with Crippen molar-refractivity contribution in [2.24, 2.45) is 0 Å². The van der Waals surface area contributed by atoms with Crippen LogP contribution >= 0.6 is 0 Å². The molecule has 0 unspecified atom stereocenters. The monoisotopic (exact) mass is 436 g/mol. The van der Waals surface area contributed by atoms with Crippen LogP contribution in [-0.2, 0) is 0 Å². The smallest absolute Gasteiger partial charge is 0.143 e. The second-order valence-corrected chi connectivity index (χ2v) is 8.50. The first kappa shape index (κ1) is 19.0. The summed E-state index contributed by atoms with van der Waals surface area (Å²) in [5, 5.41) is 4.43. The van der Waals surface area contributed by atoms with E-state index in [9.17, 15) is 0 Å². The Kier molecular flexibility index (Phi) is 4.18. The number of hydrogen-bond donors (Lipinski definition) is 0. The molecular weight excluding hydrogens is 416 g/mol. The topological polar surface area (TPSA) is 26.3 Å². The van der Waals surface area contributed by atoms with Gasteiger partial charge in [-0.1, -0.05) is 103 Å². The summed E-state index contributed by atoms with van der Waals surface area (Å²) >= 11 is 0. The van der Waals surface area contributed by atoms with Crippen LogP contribution in [0.5, 0.6) is 0 Å². The van der Waals surface area contributed by atoms with Crippen LogP contribution in [0.1, 0.15) is 0 Å². The second-order valence-electron chi connectivity index (χ2n) is 8.50. The van der Waals surface area contributed by atoms with Gasteiger partial charge in [0, 0.05) is 38.2 Å². The summed E-state index contributed by atoms with van der Waals surface area (Å²) in [4.78, 5) is 0. The van der Waals surface area contributed by atoms with Crippen molar-refractivity contribution in [2.45, 2.75) is 0 Å². The normalized spacial score (nSPS) is 11.5. The summed E-state index contributed by atoms with van der Waals surface area (Å²) in [5.74, 6) is 1.77. The predicted octanol–water partition coefficient (Wildman–Crippen LogP) is 9.33. The molecule has 0 spiro atoms. The molecule has 0 aliphatic heterocycles. The summed E-state index contributed by atoms with van der Waals surface area (Å²) in [7, 11) is 0. The molecule has 160 valence electrons. The molecule has 7 rings (SSSR count). The molecule has 7 aromatic rings.